The van der Waals surface area contributed by atoms with E-state index in [0.717, 1.165) is 62.3 Å². The molecule has 1 fully saturated rings. The zero-order valence-corrected chi connectivity index (χ0v) is 31.9. The van der Waals surface area contributed by atoms with Crippen molar-refractivity contribution in [3.8, 4) is 16.3 Å². The third kappa shape index (κ3) is 8.40. The number of aryl methyl sites for hydroxylation is 3. The van der Waals surface area contributed by atoms with Crippen LogP contribution in [0, 0.1) is 6.92 Å². The fourth-order valence-corrected chi connectivity index (χ4v) is 8.32. The van der Waals surface area contributed by atoms with Gasteiger partial charge in [-0.2, -0.15) is 0 Å². The maximum atomic E-state index is 13.8. The molecule has 3 heterocycles. The van der Waals surface area contributed by atoms with Crippen molar-refractivity contribution in [2.45, 2.75) is 65.8 Å². The van der Waals surface area contributed by atoms with Gasteiger partial charge in [-0.3, -0.25) is 19.8 Å². The number of carbonyl (C=O) groups is 2. The summed E-state index contributed by atoms with van der Waals surface area (Å²) in [6.45, 7) is 14.0. The number of fused-ring (bicyclic) bond motifs is 1. The number of anilines is 3. The first-order valence-electron chi connectivity index (χ1n) is 18.6. The number of hydrogen-bond donors (Lipinski definition) is 2. The summed E-state index contributed by atoms with van der Waals surface area (Å²) >= 11 is 1.56. The molecule has 12 heteroatoms. The second kappa shape index (κ2) is 16.9. The second-order valence-corrected chi connectivity index (χ2v) is 14.7. The SMILES string of the molecule is CCN1CCN(C(C(=O)N(CC)CC)c2ccc(Nc3nc(-c4cccc(NC(=O)Oc5cc6c(s5)CCCCC6)c4C)cn(C)c3=O)cc2)CC1. The van der Waals surface area contributed by atoms with Crippen LogP contribution in [0.5, 0.6) is 5.06 Å². The monoisotopic (exact) mass is 725 g/mol. The minimum atomic E-state index is -0.542. The number of carbonyl (C=O) groups excluding carboxylic acids is 2. The van der Waals surface area contributed by atoms with Crippen molar-refractivity contribution in [1.29, 1.82) is 0 Å². The largest absolute Gasteiger partial charge is 0.417 e. The van der Waals surface area contributed by atoms with Gasteiger partial charge in [0, 0.05) is 74.3 Å². The number of ether oxygens (including phenoxy) is 1. The number of aromatic nitrogens is 2. The third-order valence-corrected chi connectivity index (χ3v) is 11.5. The molecule has 1 aliphatic carbocycles. The third-order valence-electron chi connectivity index (χ3n) is 10.4. The Labute approximate surface area is 310 Å². The number of thiophene rings is 1. The zero-order valence-electron chi connectivity index (χ0n) is 31.0. The molecule has 4 aromatic rings. The second-order valence-electron chi connectivity index (χ2n) is 13.6. The van der Waals surface area contributed by atoms with Crippen molar-refractivity contribution in [2.75, 3.05) is 56.4 Å². The Balaban J connectivity index is 1.19. The molecule has 1 atom stereocenters. The predicted molar refractivity (Wildman–Crippen MR) is 209 cm³/mol. The first-order chi connectivity index (χ1) is 25.2. The lowest BCUT2D eigenvalue weighted by Crippen LogP contribution is -2.51. The summed E-state index contributed by atoms with van der Waals surface area (Å²) in [6, 6.07) is 15.0. The molecule has 2 aliphatic rings. The summed E-state index contributed by atoms with van der Waals surface area (Å²) < 4.78 is 7.21. The maximum Gasteiger partial charge on any atom is 0.417 e. The van der Waals surface area contributed by atoms with E-state index in [1.165, 1.54) is 34.3 Å². The molecule has 2 aromatic heterocycles. The van der Waals surface area contributed by atoms with E-state index in [2.05, 4.69) is 27.4 Å². The number of likely N-dealkylation sites (N-methyl/N-ethyl adjacent to an activating group) is 2. The molecular weight excluding hydrogens is 675 g/mol. The normalized spacial score (nSPS) is 15.7. The molecule has 1 saturated heterocycles. The van der Waals surface area contributed by atoms with Crippen molar-refractivity contribution in [2.24, 2.45) is 7.05 Å². The van der Waals surface area contributed by atoms with Crippen LogP contribution < -0.4 is 20.9 Å². The van der Waals surface area contributed by atoms with Crippen LogP contribution >= 0.6 is 11.3 Å². The van der Waals surface area contributed by atoms with Crippen molar-refractivity contribution in [3.63, 3.8) is 0 Å². The first-order valence-corrected chi connectivity index (χ1v) is 19.4. The highest BCUT2D eigenvalue weighted by Crippen LogP contribution is 2.35. The van der Waals surface area contributed by atoms with E-state index in [4.69, 9.17) is 9.72 Å². The van der Waals surface area contributed by atoms with Crippen LogP contribution in [0.4, 0.5) is 22.0 Å². The lowest BCUT2D eigenvalue weighted by Gasteiger charge is -2.40. The number of amides is 2. The molecule has 2 amide bonds. The summed E-state index contributed by atoms with van der Waals surface area (Å²) in [7, 11) is 1.70. The lowest BCUT2D eigenvalue weighted by atomic mass is 10.0. The molecule has 6 rings (SSSR count). The van der Waals surface area contributed by atoms with Crippen molar-refractivity contribution < 1.29 is 14.3 Å². The van der Waals surface area contributed by atoms with Gasteiger partial charge < -0.3 is 24.4 Å². The van der Waals surface area contributed by atoms with E-state index in [-0.39, 0.29) is 23.3 Å². The van der Waals surface area contributed by atoms with E-state index in [1.54, 1.807) is 24.6 Å². The van der Waals surface area contributed by atoms with Gasteiger partial charge in [0.25, 0.3) is 5.56 Å². The lowest BCUT2D eigenvalue weighted by molar-refractivity contribution is -0.137. The molecule has 1 aliphatic heterocycles. The van der Waals surface area contributed by atoms with Crippen molar-refractivity contribution in [1.82, 2.24) is 24.3 Å². The van der Waals surface area contributed by atoms with E-state index >= 15 is 0 Å². The zero-order chi connectivity index (χ0) is 36.8. The Hall–Kier alpha value is -4.52. The predicted octanol–water partition coefficient (Wildman–Crippen LogP) is 6.99. The van der Waals surface area contributed by atoms with Crippen LogP contribution in [0.1, 0.15) is 67.6 Å². The molecular formula is C40H51N7O4S. The van der Waals surface area contributed by atoms with Gasteiger partial charge in [-0.25, -0.2) is 9.78 Å². The summed E-state index contributed by atoms with van der Waals surface area (Å²) in [5.74, 6) is 0.286. The number of benzene rings is 2. The van der Waals surface area contributed by atoms with Crippen LogP contribution in [-0.2, 0) is 24.7 Å². The van der Waals surface area contributed by atoms with E-state index < -0.39 is 6.09 Å². The van der Waals surface area contributed by atoms with Crippen LogP contribution in [0.2, 0.25) is 0 Å². The molecule has 0 spiro atoms. The van der Waals surface area contributed by atoms with Crippen LogP contribution in [-0.4, -0.2) is 82.1 Å². The van der Waals surface area contributed by atoms with Gasteiger partial charge in [-0.1, -0.05) is 37.6 Å². The summed E-state index contributed by atoms with van der Waals surface area (Å²) in [4.78, 5) is 52.7. The molecule has 276 valence electrons. The standard InChI is InChI=1S/C40H51N7O4S/c1-6-45-21-23-47(24-22-45)36(38(48)46(7-2)8-3)28-17-19-30(20-18-28)41-37-39(49)44(5)26-33(42-37)31-14-12-15-32(27(31)4)43-40(50)51-35-25-29-13-10-9-11-16-34(29)52-35/h12,14-15,17-20,25-26,36H,6-11,13,16,21-24H2,1-5H3,(H,41,42)(H,43,50). The van der Waals surface area contributed by atoms with Gasteiger partial charge in [0.1, 0.15) is 6.04 Å². The van der Waals surface area contributed by atoms with E-state index in [1.807, 2.05) is 74.2 Å². The Morgan fingerprint density at radius 3 is 2.42 bits per heavy atom. The van der Waals surface area contributed by atoms with Gasteiger partial charge in [0.2, 0.25) is 5.91 Å². The molecule has 52 heavy (non-hydrogen) atoms. The Morgan fingerprint density at radius 1 is 0.981 bits per heavy atom. The number of nitrogens with zero attached hydrogens (tertiary/aromatic N) is 5. The average Bonchev–Trinajstić information content (AvgIpc) is 3.39. The smallest absolute Gasteiger partial charge is 0.399 e. The highest BCUT2D eigenvalue weighted by atomic mass is 32.1. The van der Waals surface area contributed by atoms with Crippen molar-refractivity contribution in [3.05, 3.63) is 86.6 Å². The van der Waals surface area contributed by atoms with E-state index in [0.29, 0.717) is 35.2 Å². The number of piperazine rings is 1. The van der Waals surface area contributed by atoms with Crippen LogP contribution in [0.3, 0.4) is 0 Å². The summed E-state index contributed by atoms with van der Waals surface area (Å²) in [5, 5.41) is 6.75. The summed E-state index contributed by atoms with van der Waals surface area (Å²) in [6.07, 6.45) is 6.80. The fraction of sp³-hybridized carbons (Fsp3) is 0.450. The topological polar surface area (TPSA) is 112 Å². The van der Waals surface area contributed by atoms with Gasteiger partial charge in [-0.05, 0) is 94.0 Å². The molecule has 2 aromatic carbocycles. The van der Waals surface area contributed by atoms with Gasteiger partial charge in [0.15, 0.2) is 10.9 Å². The maximum absolute atomic E-state index is 13.8. The van der Waals surface area contributed by atoms with Gasteiger partial charge in [0.05, 0.1) is 5.69 Å². The number of nitrogens with one attached hydrogen (secondary N) is 2. The summed E-state index contributed by atoms with van der Waals surface area (Å²) in [5.41, 5.74) is 5.38. The quantitative estimate of drug-likeness (QED) is 0.159. The van der Waals surface area contributed by atoms with Crippen LogP contribution in [0.25, 0.3) is 11.3 Å². The average molecular weight is 726 g/mol. The van der Waals surface area contributed by atoms with E-state index in [9.17, 15) is 14.4 Å². The molecule has 11 nitrogen and oxygen atoms in total. The Kier molecular flexibility index (Phi) is 12.1. The van der Waals surface area contributed by atoms with Crippen molar-refractivity contribution >= 4 is 40.5 Å². The highest BCUT2D eigenvalue weighted by molar-refractivity contribution is 7.14. The Morgan fingerprint density at radius 2 is 1.71 bits per heavy atom. The fourth-order valence-electron chi connectivity index (χ4n) is 7.22. The molecule has 1 unspecified atom stereocenters. The highest BCUT2D eigenvalue weighted by Gasteiger charge is 2.32. The molecule has 0 saturated carbocycles. The first kappa shape index (κ1) is 37.2. The minimum absolute atomic E-state index is 0.111. The van der Waals surface area contributed by atoms with Gasteiger partial charge >= 0.3 is 6.09 Å². The molecule has 0 radical (unpaired) electrons. The molecule has 2 N–H and O–H groups in total. The minimum Gasteiger partial charge on any atom is -0.399 e. The van der Waals surface area contributed by atoms with Crippen LogP contribution in [0.15, 0.2) is 59.5 Å². The number of hydrogen-bond acceptors (Lipinski definition) is 9. The molecule has 0 bridgehead atoms. The van der Waals surface area contributed by atoms with Gasteiger partial charge in [-0.15, -0.1) is 11.3 Å². The Bertz CT molecular complexity index is 1900. The number of rotatable bonds is 11.